The molecule has 118 valence electrons. The molecule has 1 aliphatic carbocycles. The highest BCUT2D eigenvalue weighted by Gasteiger charge is 2.32. The van der Waals surface area contributed by atoms with Gasteiger partial charge in [-0.3, -0.25) is 0 Å². The van der Waals surface area contributed by atoms with Gasteiger partial charge in [0.15, 0.2) is 0 Å². The Balaban J connectivity index is 2.03. The maximum atomic E-state index is 3.69. The molecule has 2 nitrogen and oxygen atoms in total. The highest BCUT2D eigenvalue weighted by atomic mass is 15.1. The van der Waals surface area contributed by atoms with Gasteiger partial charge in [0.2, 0.25) is 0 Å². The summed E-state index contributed by atoms with van der Waals surface area (Å²) in [5, 5.41) is 3.69. The van der Waals surface area contributed by atoms with Crippen LogP contribution < -0.4 is 10.2 Å². The Morgan fingerprint density at radius 3 is 2.62 bits per heavy atom. The van der Waals surface area contributed by atoms with E-state index in [1.54, 1.807) is 0 Å². The number of rotatable bonds is 7. The number of anilines is 1. The zero-order valence-corrected chi connectivity index (χ0v) is 14.1. The number of nitrogens with zero attached hydrogens (tertiary/aromatic N) is 1. The third kappa shape index (κ3) is 4.74. The lowest BCUT2D eigenvalue weighted by Crippen LogP contribution is -2.44. The second-order valence-corrected chi connectivity index (χ2v) is 6.93. The minimum absolute atomic E-state index is 0.464. The minimum atomic E-state index is 0.464. The molecular weight excluding hydrogens is 256 g/mol. The van der Waals surface area contributed by atoms with Gasteiger partial charge in [0.1, 0.15) is 0 Å². The van der Waals surface area contributed by atoms with Crippen molar-refractivity contribution in [1.29, 1.82) is 0 Å². The summed E-state index contributed by atoms with van der Waals surface area (Å²) < 4.78 is 0. The average molecular weight is 288 g/mol. The van der Waals surface area contributed by atoms with Crippen LogP contribution in [0.4, 0.5) is 5.69 Å². The smallest absolute Gasteiger partial charge is 0.0366 e. The third-order valence-electron chi connectivity index (χ3n) is 4.86. The maximum absolute atomic E-state index is 3.69. The molecule has 2 heteroatoms. The second-order valence-electron chi connectivity index (χ2n) is 6.93. The summed E-state index contributed by atoms with van der Waals surface area (Å²) in [6.07, 6.45) is 8.19. The van der Waals surface area contributed by atoms with Crippen LogP contribution in [0.5, 0.6) is 0 Å². The Morgan fingerprint density at radius 1 is 1.19 bits per heavy atom. The van der Waals surface area contributed by atoms with E-state index < -0.39 is 0 Å². The van der Waals surface area contributed by atoms with Gasteiger partial charge >= 0.3 is 0 Å². The van der Waals surface area contributed by atoms with Crippen molar-refractivity contribution in [3.63, 3.8) is 0 Å². The van der Waals surface area contributed by atoms with Crippen molar-refractivity contribution >= 4 is 5.69 Å². The molecule has 1 aliphatic rings. The van der Waals surface area contributed by atoms with Crippen LogP contribution in [0.25, 0.3) is 0 Å². The monoisotopic (exact) mass is 288 g/mol. The van der Waals surface area contributed by atoms with Crippen molar-refractivity contribution in [1.82, 2.24) is 5.32 Å². The molecule has 0 saturated heterocycles. The van der Waals surface area contributed by atoms with Crippen molar-refractivity contribution in [2.45, 2.75) is 52.4 Å². The van der Waals surface area contributed by atoms with Gasteiger partial charge in [0, 0.05) is 31.2 Å². The van der Waals surface area contributed by atoms with Gasteiger partial charge in [-0.25, -0.2) is 0 Å². The highest BCUT2D eigenvalue weighted by Crippen LogP contribution is 2.37. The molecule has 1 aromatic rings. The summed E-state index contributed by atoms with van der Waals surface area (Å²) in [5.41, 5.74) is 3.17. The Labute approximate surface area is 130 Å². The Hall–Kier alpha value is -1.02. The summed E-state index contributed by atoms with van der Waals surface area (Å²) in [6, 6.07) is 8.89. The van der Waals surface area contributed by atoms with Crippen LogP contribution in [-0.4, -0.2) is 26.7 Å². The summed E-state index contributed by atoms with van der Waals surface area (Å²) in [6.45, 7) is 7.93. The number of hydrogen-bond donors (Lipinski definition) is 1. The quantitative estimate of drug-likeness (QED) is 0.749. The molecule has 0 bridgehead atoms. The van der Waals surface area contributed by atoms with Gasteiger partial charge < -0.3 is 10.2 Å². The Bertz CT molecular complexity index is 421. The largest absolute Gasteiger partial charge is 0.374 e. The zero-order chi connectivity index (χ0) is 15.1. The molecule has 1 N–H and O–H groups in total. The van der Waals surface area contributed by atoms with Gasteiger partial charge in [-0.15, -0.1) is 0 Å². The lowest BCUT2D eigenvalue weighted by atomic mass is 9.73. The molecule has 1 saturated carbocycles. The molecule has 2 rings (SSSR count). The molecule has 0 heterocycles. The van der Waals surface area contributed by atoms with Crippen LogP contribution in [0.3, 0.4) is 0 Å². The topological polar surface area (TPSA) is 15.3 Å². The molecule has 0 aliphatic heterocycles. The number of hydrogen-bond acceptors (Lipinski definition) is 2. The first-order valence-corrected chi connectivity index (χ1v) is 8.64. The van der Waals surface area contributed by atoms with E-state index in [4.69, 9.17) is 0 Å². The average Bonchev–Trinajstić information content (AvgIpc) is 2.48. The van der Waals surface area contributed by atoms with Crippen LogP contribution in [0, 0.1) is 12.3 Å². The molecular formula is C19H32N2. The normalized spacial score (nSPS) is 17.7. The summed E-state index contributed by atoms with van der Waals surface area (Å²) in [7, 11) is 2.25. The molecule has 1 fully saturated rings. The van der Waals surface area contributed by atoms with E-state index in [0.717, 1.165) is 6.54 Å². The number of benzene rings is 1. The van der Waals surface area contributed by atoms with E-state index >= 15 is 0 Å². The number of nitrogens with one attached hydrogen (secondary N) is 1. The summed E-state index contributed by atoms with van der Waals surface area (Å²) >= 11 is 0. The van der Waals surface area contributed by atoms with Crippen LogP contribution in [0.2, 0.25) is 0 Å². The van der Waals surface area contributed by atoms with Gasteiger partial charge in [-0.05, 0) is 50.4 Å². The summed E-state index contributed by atoms with van der Waals surface area (Å²) in [5.74, 6) is 0. The van der Waals surface area contributed by atoms with Crippen LogP contribution in [-0.2, 0) is 0 Å². The molecule has 0 radical (unpaired) electrons. The maximum Gasteiger partial charge on any atom is 0.0366 e. The Morgan fingerprint density at radius 2 is 1.95 bits per heavy atom. The first kappa shape index (κ1) is 16.4. The zero-order valence-electron chi connectivity index (χ0n) is 14.1. The van der Waals surface area contributed by atoms with Gasteiger partial charge in [-0.1, -0.05) is 38.3 Å². The van der Waals surface area contributed by atoms with E-state index in [2.05, 4.69) is 55.4 Å². The van der Waals surface area contributed by atoms with E-state index in [-0.39, 0.29) is 0 Å². The second kappa shape index (κ2) is 7.84. The number of aryl methyl sites for hydroxylation is 1. The van der Waals surface area contributed by atoms with Crippen molar-refractivity contribution in [2.24, 2.45) is 5.41 Å². The van der Waals surface area contributed by atoms with Crippen LogP contribution in [0.15, 0.2) is 24.3 Å². The SMILES string of the molecule is CCCNCC1(CN(C)c2cccc(C)c2)CCCCC1. The standard InChI is InChI=1S/C19H32N2/c1-4-13-20-15-19(11-6-5-7-12-19)16-21(3)18-10-8-9-17(2)14-18/h8-10,14,20H,4-7,11-13,15-16H2,1-3H3. The predicted octanol–water partition coefficient (Wildman–Crippen LogP) is 4.38. The third-order valence-corrected chi connectivity index (χ3v) is 4.86. The first-order chi connectivity index (χ1) is 10.2. The molecule has 21 heavy (non-hydrogen) atoms. The van der Waals surface area contributed by atoms with Crippen LogP contribution >= 0.6 is 0 Å². The van der Waals surface area contributed by atoms with Gasteiger partial charge in [0.05, 0.1) is 0 Å². The van der Waals surface area contributed by atoms with Crippen molar-refractivity contribution in [3.8, 4) is 0 Å². The molecule has 0 aromatic heterocycles. The molecule has 1 aromatic carbocycles. The lowest BCUT2D eigenvalue weighted by molar-refractivity contribution is 0.189. The fourth-order valence-corrected chi connectivity index (χ4v) is 3.68. The van der Waals surface area contributed by atoms with Gasteiger partial charge in [0.25, 0.3) is 0 Å². The van der Waals surface area contributed by atoms with E-state index in [9.17, 15) is 0 Å². The first-order valence-electron chi connectivity index (χ1n) is 8.64. The summed E-state index contributed by atoms with van der Waals surface area (Å²) in [4.78, 5) is 2.46. The van der Waals surface area contributed by atoms with E-state index in [1.165, 1.54) is 62.9 Å². The van der Waals surface area contributed by atoms with Gasteiger partial charge in [-0.2, -0.15) is 0 Å². The van der Waals surface area contributed by atoms with E-state index in [0.29, 0.717) is 5.41 Å². The Kier molecular flexibility index (Phi) is 6.10. The van der Waals surface area contributed by atoms with Crippen molar-refractivity contribution < 1.29 is 0 Å². The predicted molar refractivity (Wildman–Crippen MR) is 93.1 cm³/mol. The molecule has 0 unspecified atom stereocenters. The van der Waals surface area contributed by atoms with E-state index in [1.807, 2.05) is 0 Å². The fourth-order valence-electron chi connectivity index (χ4n) is 3.68. The lowest BCUT2D eigenvalue weighted by Gasteiger charge is -2.41. The molecule has 0 spiro atoms. The minimum Gasteiger partial charge on any atom is -0.374 e. The molecule has 0 atom stereocenters. The van der Waals surface area contributed by atoms with Crippen LogP contribution in [0.1, 0.15) is 51.0 Å². The fraction of sp³-hybridized carbons (Fsp3) is 0.684. The molecule has 0 amide bonds. The highest BCUT2D eigenvalue weighted by molar-refractivity contribution is 5.47. The van der Waals surface area contributed by atoms with Crippen molar-refractivity contribution in [2.75, 3.05) is 31.6 Å². The van der Waals surface area contributed by atoms with Crippen molar-refractivity contribution in [3.05, 3.63) is 29.8 Å².